The van der Waals surface area contributed by atoms with Crippen LogP contribution < -0.4 is 0 Å². The maximum absolute atomic E-state index is 6.20. The molecule has 0 unspecified atom stereocenters. The Morgan fingerprint density at radius 2 is 0.596 bits per heavy atom. The van der Waals surface area contributed by atoms with Crippen molar-refractivity contribution in [1.29, 1.82) is 0 Å². The van der Waals surface area contributed by atoms with Crippen molar-refractivity contribution >= 4 is 153 Å². The molecule has 8 heterocycles. The molecule has 0 spiro atoms. The van der Waals surface area contributed by atoms with Crippen LogP contribution in [0.4, 0.5) is 0 Å². The van der Waals surface area contributed by atoms with Crippen molar-refractivity contribution in [3.63, 3.8) is 0 Å². The lowest BCUT2D eigenvalue weighted by Crippen LogP contribution is -1.98. The Hall–Kier alpha value is -14.2. The van der Waals surface area contributed by atoms with Gasteiger partial charge in [-0.15, -0.1) is 0 Å². The summed E-state index contributed by atoms with van der Waals surface area (Å²) in [5.74, 6) is 0.757. The molecule has 8 aromatic heterocycles. The zero-order chi connectivity index (χ0) is 68.1. The number of nitrogens with zero attached hydrogens (tertiary/aromatic N) is 8. The van der Waals surface area contributed by atoms with Crippen LogP contribution in [0.3, 0.4) is 0 Å². The standard InChI is InChI=1S/C50H30N4O.C44H26N4O/c1-2-14-36(15-3-1)53-44-19-8-6-17-38(44)40-26-33(21-23-46(40)53)34-22-24-47-41(27-34)39-18-7-9-20-45(39)54(47)37-16-10-13-35(25-37)43-30-51-50-49(52-43)42-28-31-11-4-5-12-32(31)29-48(42)55-50;1-2-12-31(13-3-1)47-37-16-8-7-15-33(37)35-22-29(19-21-39(35)47)30-18-20-34-32-14-6-9-17-38(32)48(40(34)24-30)42-26-45-44-43(46-42)36-23-27-10-4-5-11-28(27)25-41(36)49-44/h1-30H;1-26H. The van der Waals surface area contributed by atoms with Crippen LogP contribution in [0.25, 0.3) is 210 Å². The monoisotopic (exact) mass is 1330 g/mol. The van der Waals surface area contributed by atoms with Gasteiger partial charge in [0.2, 0.25) is 11.4 Å². The number of hydrogen-bond acceptors (Lipinski definition) is 6. The fraction of sp³-hybridized carbons (Fsp3) is 0. The molecule has 0 saturated carbocycles. The fourth-order valence-electron chi connectivity index (χ4n) is 16.3. The van der Waals surface area contributed by atoms with Crippen LogP contribution in [0.5, 0.6) is 0 Å². The summed E-state index contributed by atoms with van der Waals surface area (Å²) in [4.78, 5) is 19.9. The Kier molecular flexibility index (Phi) is 12.6. The van der Waals surface area contributed by atoms with Gasteiger partial charge in [0.25, 0.3) is 0 Å². The second-order valence-corrected chi connectivity index (χ2v) is 26.9. The van der Waals surface area contributed by atoms with Gasteiger partial charge in [-0.1, -0.05) is 200 Å². The minimum Gasteiger partial charge on any atom is -0.436 e. The van der Waals surface area contributed by atoms with E-state index in [2.05, 4.69) is 334 Å². The lowest BCUT2D eigenvalue weighted by molar-refractivity contribution is 0.653. The minimum absolute atomic E-state index is 0.540. The Labute approximate surface area is 593 Å². The van der Waals surface area contributed by atoms with E-state index in [1.807, 2.05) is 24.5 Å². The van der Waals surface area contributed by atoms with E-state index in [4.69, 9.17) is 28.8 Å². The summed E-state index contributed by atoms with van der Waals surface area (Å²) in [5, 5.41) is 16.2. The van der Waals surface area contributed by atoms with Crippen LogP contribution in [0.2, 0.25) is 0 Å². The van der Waals surface area contributed by atoms with Gasteiger partial charge in [-0.3, -0.25) is 4.57 Å². The Morgan fingerprint density at radius 1 is 0.221 bits per heavy atom. The molecule has 0 bridgehead atoms. The van der Waals surface area contributed by atoms with Gasteiger partial charge in [0.05, 0.1) is 62.2 Å². The van der Waals surface area contributed by atoms with Crippen LogP contribution in [0.15, 0.2) is 349 Å². The van der Waals surface area contributed by atoms with E-state index in [0.29, 0.717) is 11.4 Å². The first-order valence-corrected chi connectivity index (χ1v) is 35.1. The van der Waals surface area contributed by atoms with Crippen molar-refractivity contribution in [1.82, 2.24) is 38.2 Å². The van der Waals surface area contributed by atoms with Gasteiger partial charge in [0.15, 0.2) is 5.82 Å². The Balaban J connectivity index is 0.000000132. The van der Waals surface area contributed by atoms with E-state index in [0.717, 1.165) is 122 Å². The summed E-state index contributed by atoms with van der Waals surface area (Å²) >= 11 is 0. The largest absolute Gasteiger partial charge is 0.436 e. The maximum atomic E-state index is 6.20. The second kappa shape index (κ2) is 22.7. The first-order valence-electron chi connectivity index (χ1n) is 35.1. The molecular formula is C94H56N8O2. The van der Waals surface area contributed by atoms with Crippen LogP contribution in [0, 0.1) is 0 Å². The van der Waals surface area contributed by atoms with E-state index in [9.17, 15) is 0 Å². The number of aromatic nitrogens is 8. The smallest absolute Gasteiger partial charge is 0.246 e. The maximum Gasteiger partial charge on any atom is 0.246 e. The molecule has 0 fully saturated rings. The third-order valence-corrected chi connectivity index (χ3v) is 21.1. The first kappa shape index (κ1) is 57.7. The molecule has 23 rings (SSSR count). The van der Waals surface area contributed by atoms with Crippen LogP contribution in [-0.2, 0) is 0 Å². The molecule has 0 aliphatic heterocycles. The van der Waals surface area contributed by atoms with Crippen LogP contribution in [-0.4, -0.2) is 38.2 Å². The van der Waals surface area contributed by atoms with Crippen LogP contribution in [0.1, 0.15) is 0 Å². The van der Waals surface area contributed by atoms with E-state index in [-0.39, 0.29) is 0 Å². The highest BCUT2D eigenvalue weighted by Crippen LogP contribution is 2.43. The lowest BCUT2D eigenvalue weighted by atomic mass is 10.0. The van der Waals surface area contributed by atoms with Crippen molar-refractivity contribution in [3.05, 3.63) is 340 Å². The molecule has 0 amide bonds. The molecular weight excluding hydrogens is 1270 g/mol. The number of fused-ring (bicyclic) bond motifs is 20. The van der Waals surface area contributed by atoms with Crippen molar-refractivity contribution in [2.24, 2.45) is 0 Å². The average Bonchev–Trinajstić information content (AvgIpc) is 1.56. The predicted octanol–water partition coefficient (Wildman–Crippen LogP) is 24.4. The first-order chi connectivity index (χ1) is 51.5. The fourth-order valence-corrected chi connectivity index (χ4v) is 16.3. The third-order valence-electron chi connectivity index (χ3n) is 21.1. The lowest BCUT2D eigenvalue weighted by Gasteiger charge is -2.11. The summed E-state index contributed by atoms with van der Waals surface area (Å²) < 4.78 is 21.7. The molecule has 0 N–H and O–H groups in total. The average molecular weight is 1330 g/mol. The number of benzene rings is 15. The van der Waals surface area contributed by atoms with Gasteiger partial charge >= 0.3 is 0 Å². The van der Waals surface area contributed by atoms with E-state index >= 15 is 0 Å². The molecule has 23 aromatic rings. The molecule has 0 aliphatic carbocycles. The SMILES string of the molecule is c1ccc(-n2c3ccccc3c3cc(-c4ccc5c(c4)c4ccccc4n5-c4cccc(-c5cnc6oc7cc8ccccc8cc7c6n5)c4)ccc32)cc1.c1ccc(-n2c3ccccc3c3cc(-c4ccc5c6ccccc6n(-c6cnc7oc8cc9ccccc9cc8c7n6)c5c4)ccc32)cc1. The summed E-state index contributed by atoms with van der Waals surface area (Å²) in [6.07, 6.45) is 3.64. The van der Waals surface area contributed by atoms with Crippen LogP contribution >= 0.6 is 0 Å². The van der Waals surface area contributed by atoms with E-state index in [1.165, 1.54) is 76.3 Å². The molecule has 0 aliphatic rings. The van der Waals surface area contributed by atoms with Gasteiger partial charge in [-0.25, -0.2) is 19.9 Å². The van der Waals surface area contributed by atoms with Gasteiger partial charge in [-0.05, 0) is 171 Å². The Morgan fingerprint density at radius 3 is 1.11 bits per heavy atom. The van der Waals surface area contributed by atoms with E-state index < -0.39 is 0 Å². The number of para-hydroxylation sites is 6. The second-order valence-electron chi connectivity index (χ2n) is 26.9. The predicted molar refractivity (Wildman–Crippen MR) is 427 cm³/mol. The summed E-state index contributed by atoms with van der Waals surface area (Å²) in [6.45, 7) is 0. The van der Waals surface area contributed by atoms with Gasteiger partial charge in [0, 0.05) is 76.5 Å². The molecule has 10 heteroatoms. The van der Waals surface area contributed by atoms with Crippen molar-refractivity contribution in [2.75, 3.05) is 0 Å². The number of rotatable bonds is 7. The molecule has 0 atom stereocenters. The van der Waals surface area contributed by atoms with Crippen molar-refractivity contribution in [2.45, 2.75) is 0 Å². The molecule has 0 saturated heterocycles. The van der Waals surface area contributed by atoms with Gasteiger partial charge in [-0.2, -0.15) is 0 Å². The highest BCUT2D eigenvalue weighted by atomic mass is 16.3. The quantitative estimate of drug-likeness (QED) is 0.158. The number of furan rings is 2. The molecule has 10 nitrogen and oxygen atoms in total. The van der Waals surface area contributed by atoms with Gasteiger partial charge in [0.1, 0.15) is 22.2 Å². The topological polar surface area (TPSA) is 97.6 Å². The number of hydrogen-bond donors (Lipinski definition) is 0. The highest BCUT2D eigenvalue weighted by Gasteiger charge is 2.22. The van der Waals surface area contributed by atoms with Crippen molar-refractivity contribution in [3.8, 4) is 56.4 Å². The van der Waals surface area contributed by atoms with E-state index in [1.54, 1.807) is 0 Å². The Bertz CT molecular complexity index is 7500. The van der Waals surface area contributed by atoms with Crippen molar-refractivity contribution < 1.29 is 8.83 Å². The zero-order valence-corrected chi connectivity index (χ0v) is 55.7. The molecule has 104 heavy (non-hydrogen) atoms. The third kappa shape index (κ3) is 8.95. The molecule has 15 aromatic carbocycles. The zero-order valence-electron chi connectivity index (χ0n) is 55.7. The van der Waals surface area contributed by atoms with Gasteiger partial charge < -0.3 is 22.5 Å². The minimum atomic E-state index is 0.540. The highest BCUT2D eigenvalue weighted by molar-refractivity contribution is 6.16. The summed E-state index contributed by atoms with van der Waals surface area (Å²) in [6, 6.07) is 117. The normalized spacial score (nSPS) is 12.0. The summed E-state index contributed by atoms with van der Waals surface area (Å²) in [7, 11) is 0. The molecule has 0 radical (unpaired) electrons. The molecule has 484 valence electrons. The summed E-state index contributed by atoms with van der Waals surface area (Å²) in [5.41, 5.74) is 23.3.